The number of methoxy groups -OCH3 is 1. The Hall–Kier alpha value is -1.32. The van der Waals surface area contributed by atoms with Gasteiger partial charge in [0, 0.05) is 51.5 Å². The first-order chi connectivity index (χ1) is 13.2. The van der Waals surface area contributed by atoms with Crippen molar-refractivity contribution in [2.75, 3.05) is 53.5 Å². The molecule has 0 amide bonds. The summed E-state index contributed by atoms with van der Waals surface area (Å²) in [6, 6.07) is 10.7. The van der Waals surface area contributed by atoms with Crippen LogP contribution in [-0.2, 0) is 11.3 Å². The van der Waals surface area contributed by atoms with Gasteiger partial charge in [-0.15, -0.1) is 24.0 Å². The molecule has 7 heteroatoms. The number of para-hydroxylation sites is 1. The van der Waals surface area contributed by atoms with Crippen molar-refractivity contribution < 1.29 is 4.74 Å². The normalized spacial score (nSPS) is 11.6. The molecule has 0 saturated carbocycles. The van der Waals surface area contributed by atoms with Gasteiger partial charge in [0.05, 0.1) is 6.61 Å². The second kappa shape index (κ2) is 14.6. The highest BCUT2D eigenvalue weighted by molar-refractivity contribution is 14.0. The van der Waals surface area contributed by atoms with Crippen LogP contribution < -0.4 is 10.6 Å². The SMILES string of the molecule is CCNC(=NCCCn1ccc2ccccc21)NCCCN(C)CCOC.I. The van der Waals surface area contributed by atoms with Crippen LogP contribution in [0, 0.1) is 0 Å². The molecule has 0 bridgehead atoms. The Labute approximate surface area is 186 Å². The lowest BCUT2D eigenvalue weighted by molar-refractivity contribution is 0.161. The molecule has 0 fully saturated rings. The molecule has 0 radical (unpaired) electrons. The van der Waals surface area contributed by atoms with Crippen molar-refractivity contribution in [1.29, 1.82) is 0 Å². The fourth-order valence-electron chi connectivity index (χ4n) is 3.02. The maximum absolute atomic E-state index is 5.11. The van der Waals surface area contributed by atoms with Crippen LogP contribution in [-0.4, -0.2) is 68.9 Å². The average molecular weight is 501 g/mol. The van der Waals surface area contributed by atoms with E-state index in [1.807, 2.05) is 0 Å². The van der Waals surface area contributed by atoms with Gasteiger partial charge >= 0.3 is 0 Å². The molecule has 28 heavy (non-hydrogen) atoms. The zero-order chi connectivity index (χ0) is 19.3. The van der Waals surface area contributed by atoms with Gasteiger partial charge < -0.3 is 24.8 Å². The number of likely N-dealkylation sites (N-methyl/N-ethyl adjacent to an activating group) is 1. The zero-order valence-electron chi connectivity index (χ0n) is 17.5. The van der Waals surface area contributed by atoms with Crippen LogP contribution in [0.3, 0.4) is 0 Å². The number of rotatable bonds is 12. The number of nitrogens with zero attached hydrogens (tertiary/aromatic N) is 3. The van der Waals surface area contributed by atoms with E-state index in [0.29, 0.717) is 0 Å². The molecular weight excluding hydrogens is 465 g/mol. The predicted molar refractivity (Wildman–Crippen MR) is 130 cm³/mol. The van der Waals surface area contributed by atoms with Crippen LogP contribution in [0.25, 0.3) is 10.9 Å². The quantitative estimate of drug-likeness (QED) is 0.203. The Morgan fingerprint density at radius 2 is 1.96 bits per heavy atom. The summed E-state index contributed by atoms with van der Waals surface area (Å²) in [6.45, 7) is 8.51. The topological polar surface area (TPSA) is 53.8 Å². The first-order valence-electron chi connectivity index (χ1n) is 9.98. The van der Waals surface area contributed by atoms with Gasteiger partial charge in [-0.3, -0.25) is 4.99 Å². The molecule has 0 unspecified atom stereocenters. The van der Waals surface area contributed by atoms with E-state index < -0.39 is 0 Å². The number of halogens is 1. The lowest BCUT2D eigenvalue weighted by atomic mass is 10.2. The highest BCUT2D eigenvalue weighted by Gasteiger charge is 2.01. The molecule has 1 aromatic carbocycles. The van der Waals surface area contributed by atoms with E-state index in [-0.39, 0.29) is 24.0 Å². The summed E-state index contributed by atoms with van der Waals surface area (Å²) < 4.78 is 7.41. The second-order valence-corrected chi connectivity index (χ2v) is 6.76. The maximum Gasteiger partial charge on any atom is 0.191 e. The summed E-state index contributed by atoms with van der Waals surface area (Å²) in [4.78, 5) is 7.00. The van der Waals surface area contributed by atoms with Gasteiger partial charge in [-0.05, 0) is 50.9 Å². The van der Waals surface area contributed by atoms with E-state index in [1.54, 1.807) is 7.11 Å². The van der Waals surface area contributed by atoms with E-state index in [4.69, 9.17) is 9.73 Å². The van der Waals surface area contributed by atoms with Crippen LogP contribution in [0.4, 0.5) is 0 Å². The van der Waals surface area contributed by atoms with Crippen LogP contribution in [0.2, 0.25) is 0 Å². The summed E-state index contributed by atoms with van der Waals surface area (Å²) in [7, 11) is 3.87. The van der Waals surface area contributed by atoms with Crippen molar-refractivity contribution in [2.45, 2.75) is 26.3 Å². The predicted octanol–water partition coefficient (Wildman–Crippen LogP) is 3.17. The molecule has 2 aromatic rings. The minimum atomic E-state index is 0. The number of aliphatic imine (C=N–C) groups is 1. The molecule has 0 aliphatic heterocycles. The third-order valence-corrected chi connectivity index (χ3v) is 4.54. The highest BCUT2D eigenvalue weighted by atomic mass is 127. The number of guanidine groups is 1. The lowest BCUT2D eigenvalue weighted by Crippen LogP contribution is -2.38. The van der Waals surface area contributed by atoms with E-state index in [9.17, 15) is 0 Å². The molecule has 1 aromatic heterocycles. The number of ether oxygens (including phenoxy) is 1. The molecule has 158 valence electrons. The van der Waals surface area contributed by atoms with Crippen molar-refractivity contribution in [3.05, 3.63) is 36.5 Å². The van der Waals surface area contributed by atoms with Crippen LogP contribution in [0.1, 0.15) is 19.8 Å². The average Bonchev–Trinajstić information content (AvgIpc) is 3.10. The van der Waals surface area contributed by atoms with Crippen molar-refractivity contribution in [2.24, 2.45) is 4.99 Å². The highest BCUT2D eigenvalue weighted by Crippen LogP contribution is 2.15. The van der Waals surface area contributed by atoms with Crippen molar-refractivity contribution in [3.63, 3.8) is 0 Å². The smallest absolute Gasteiger partial charge is 0.191 e. The molecule has 0 atom stereocenters. The fourth-order valence-corrected chi connectivity index (χ4v) is 3.02. The first kappa shape index (κ1) is 24.7. The van der Waals surface area contributed by atoms with Crippen LogP contribution in [0.5, 0.6) is 0 Å². The Kier molecular flexibility index (Phi) is 12.9. The Morgan fingerprint density at radius 3 is 2.75 bits per heavy atom. The summed E-state index contributed by atoms with van der Waals surface area (Å²) in [5, 5.41) is 8.05. The molecule has 0 spiro atoms. The van der Waals surface area contributed by atoms with Gasteiger partial charge in [0.25, 0.3) is 0 Å². The van der Waals surface area contributed by atoms with Gasteiger partial charge in [-0.25, -0.2) is 0 Å². The van der Waals surface area contributed by atoms with Crippen LogP contribution >= 0.6 is 24.0 Å². The Bertz CT molecular complexity index is 688. The second-order valence-electron chi connectivity index (χ2n) is 6.76. The third kappa shape index (κ3) is 8.79. The van der Waals surface area contributed by atoms with Gasteiger partial charge in [-0.2, -0.15) is 0 Å². The molecule has 2 N–H and O–H groups in total. The van der Waals surface area contributed by atoms with E-state index in [0.717, 1.165) is 64.7 Å². The first-order valence-corrected chi connectivity index (χ1v) is 9.98. The standard InChI is InChI=1S/C21H35N5O.HI/c1-4-22-21(23-12-7-14-25(2)17-18-27-3)24-13-8-15-26-16-11-19-9-5-6-10-20(19)26;/h5-6,9-11,16H,4,7-8,12-15,17-18H2,1-3H3,(H2,22,23,24);1H. The zero-order valence-corrected chi connectivity index (χ0v) is 19.8. The maximum atomic E-state index is 5.11. The van der Waals surface area contributed by atoms with Crippen molar-refractivity contribution >= 4 is 40.8 Å². The number of nitrogens with one attached hydrogen (secondary N) is 2. The number of aromatic nitrogens is 1. The van der Waals surface area contributed by atoms with Crippen molar-refractivity contribution in [1.82, 2.24) is 20.1 Å². The van der Waals surface area contributed by atoms with Gasteiger partial charge in [-0.1, -0.05) is 18.2 Å². The molecule has 0 aliphatic carbocycles. The molecule has 2 rings (SSSR count). The molecular formula is C21H36IN5O. The summed E-state index contributed by atoms with van der Waals surface area (Å²) in [5.41, 5.74) is 1.30. The van der Waals surface area contributed by atoms with Crippen LogP contribution in [0.15, 0.2) is 41.5 Å². The summed E-state index contributed by atoms with van der Waals surface area (Å²) in [5.74, 6) is 0.911. The van der Waals surface area contributed by atoms with Crippen molar-refractivity contribution in [3.8, 4) is 0 Å². The van der Waals surface area contributed by atoms with Gasteiger partial charge in [0.1, 0.15) is 0 Å². The van der Waals surface area contributed by atoms with E-state index in [2.05, 4.69) is 70.6 Å². The number of benzene rings is 1. The minimum Gasteiger partial charge on any atom is -0.383 e. The van der Waals surface area contributed by atoms with E-state index in [1.165, 1.54) is 10.9 Å². The summed E-state index contributed by atoms with van der Waals surface area (Å²) in [6.07, 6.45) is 4.27. The van der Waals surface area contributed by atoms with Gasteiger partial charge in [0.15, 0.2) is 5.96 Å². The fraction of sp³-hybridized carbons (Fsp3) is 0.571. The Morgan fingerprint density at radius 1 is 1.14 bits per heavy atom. The molecule has 0 aliphatic rings. The minimum absolute atomic E-state index is 0. The largest absolute Gasteiger partial charge is 0.383 e. The monoisotopic (exact) mass is 501 g/mol. The number of hydrogen-bond donors (Lipinski definition) is 2. The van der Waals surface area contributed by atoms with E-state index >= 15 is 0 Å². The van der Waals surface area contributed by atoms with Gasteiger partial charge in [0.2, 0.25) is 0 Å². The number of fused-ring (bicyclic) bond motifs is 1. The number of hydrogen-bond acceptors (Lipinski definition) is 3. The lowest BCUT2D eigenvalue weighted by Gasteiger charge is -2.17. The Balaban J connectivity index is 0.00000392. The molecule has 0 saturated heterocycles. The number of aryl methyl sites for hydroxylation is 1. The molecule has 6 nitrogen and oxygen atoms in total. The summed E-state index contributed by atoms with van der Waals surface area (Å²) >= 11 is 0. The third-order valence-electron chi connectivity index (χ3n) is 4.54. The molecule has 1 heterocycles.